The van der Waals surface area contributed by atoms with Gasteiger partial charge in [-0.15, -0.1) is 0 Å². The average Bonchev–Trinajstić information content (AvgIpc) is 2.00. The topological polar surface area (TPSA) is 3.24 Å². The van der Waals surface area contributed by atoms with Crippen molar-refractivity contribution in [3.63, 3.8) is 0 Å². The van der Waals surface area contributed by atoms with Crippen molar-refractivity contribution in [2.75, 3.05) is 7.05 Å². The molecule has 0 fully saturated rings. The first kappa shape index (κ1) is 11.5. The first-order valence-electron chi connectivity index (χ1n) is 4.79. The highest BCUT2D eigenvalue weighted by Gasteiger charge is 2.15. The molecule has 0 aromatic heterocycles. The monoisotopic (exact) mass is 169 g/mol. The van der Waals surface area contributed by atoms with Gasteiger partial charge in [0.25, 0.3) is 0 Å². The van der Waals surface area contributed by atoms with Crippen molar-refractivity contribution in [3.05, 3.63) is 12.3 Å². The maximum atomic E-state index is 4.08. The van der Waals surface area contributed by atoms with Crippen molar-refractivity contribution < 1.29 is 0 Å². The standard InChI is InChI=1S/C11H23N/c1-8(2)10(5)12(7)11(6)9(3)4/h8-9,11H,5H2,1-4,6-7H3. The second-order valence-electron chi connectivity index (χ2n) is 4.24. The molecule has 1 heteroatoms. The number of hydrogen-bond acceptors (Lipinski definition) is 1. The smallest absolute Gasteiger partial charge is 0.0278 e. The highest BCUT2D eigenvalue weighted by molar-refractivity contribution is 4.97. The Morgan fingerprint density at radius 2 is 1.50 bits per heavy atom. The number of hydrogen-bond donors (Lipinski definition) is 0. The first-order valence-corrected chi connectivity index (χ1v) is 4.79. The van der Waals surface area contributed by atoms with Crippen LogP contribution in [0.25, 0.3) is 0 Å². The number of nitrogens with zero attached hydrogens (tertiary/aromatic N) is 1. The van der Waals surface area contributed by atoms with Crippen molar-refractivity contribution in [3.8, 4) is 0 Å². The van der Waals surface area contributed by atoms with Gasteiger partial charge in [-0.1, -0.05) is 34.3 Å². The Hall–Kier alpha value is -0.460. The molecule has 0 saturated carbocycles. The number of allylic oxidation sites excluding steroid dienone is 1. The molecule has 0 amide bonds. The van der Waals surface area contributed by atoms with Crippen LogP contribution in [0.1, 0.15) is 34.6 Å². The van der Waals surface area contributed by atoms with Gasteiger partial charge in [-0.05, 0) is 18.8 Å². The third-order valence-corrected chi connectivity index (χ3v) is 2.70. The lowest BCUT2D eigenvalue weighted by Crippen LogP contribution is -2.33. The van der Waals surface area contributed by atoms with E-state index in [1.54, 1.807) is 0 Å². The summed E-state index contributed by atoms with van der Waals surface area (Å²) in [5.41, 5.74) is 1.23. The van der Waals surface area contributed by atoms with Crippen molar-refractivity contribution in [1.82, 2.24) is 4.90 Å². The molecule has 0 aliphatic carbocycles. The summed E-state index contributed by atoms with van der Waals surface area (Å²) in [5.74, 6) is 1.24. The predicted octanol–water partition coefficient (Wildman–Crippen LogP) is 3.13. The molecule has 0 heterocycles. The van der Waals surface area contributed by atoms with Crippen molar-refractivity contribution >= 4 is 0 Å². The van der Waals surface area contributed by atoms with Crippen LogP contribution < -0.4 is 0 Å². The summed E-state index contributed by atoms with van der Waals surface area (Å²) in [6, 6.07) is 0.583. The van der Waals surface area contributed by atoms with E-state index in [0.29, 0.717) is 17.9 Å². The Morgan fingerprint density at radius 1 is 1.08 bits per heavy atom. The molecular weight excluding hydrogens is 146 g/mol. The summed E-state index contributed by atoms with van der Waals surface area (Å²) in [4.78, 5) is 2.29. The Bertz CT molecular complexity index is 147. The van der Waals surface area contributed by atoms with Crippen LogP contribution in [0, 0.1) is 11.8 Å². The molecule has 0 N–H and O–H groups in total. The largest absolute Gasteiger partial charge is 0.375 e. The van der Waals surface area contributed by atoms with E-state index in [-0.39, 0.29) is 0 Å². The van der Waals surface area contributed by atoms with Gasteiger partial charge >= 0.3 is 0 Å². The van der Waals surface area contributed by atoms with E-state index in [0.717, 1.165) is 0 Å². The Labute approximate surface area is 77.5 Å². The van der Waals surface area contributed by atoms with Gasteiger partial charge in [-0.25, -0.2) is 0 Å². The molecule has 1 atom stereocenters. The van der Waals surface area contributed by atoms with Crippen molar-refractivity contribution in [2.45, 2.75) is 40.7 Å². The first-order chi connectivity index (χ1) is 5.37. The van der Waals surface area contributed by atoms with Crippen LogP contribution in [0.4, 0.5) is 0 Å². The average molecular weight is 169 g/mol. The molecule has 0 aromatic carbocycles. The van der Waals surface area contributed by atoms with Gasteiger partial charge in [-0.3, -0.25) is 0 Å². The molecule has 0 aromatic rings. The highest BCUT2D eigenvalue weighted by Crippen LogP contribution is 2.17. The van der Waals surface area contributed by atoms with E-state index in [1.807, 2.05) is 0 Å². The molecule has 12 heavy (non-hydrogen) atoms. The molecular formula is C11H23N. The van der Waals surface area contributed by atoms with Crippen molar-refractivity contribution in [2.24, 2.45) is 11.8 Å². The van der Waals surface area contributed by atoms with Crippen LogP contribution >= 0.6 is 0 Å². The Morgan fingerprint density at radius 3 is 1.75 bits per heavy atom. The van der Waals surface area contributed by atoms with Gasteiger partial charge in [-0.2, -0.15) is 0 Å². The second kappa shape index (κ2) is 4.54. The van der Waals surface area contributed by atoms with E-state index >= 15 is 0 Å². The molecule has 72 valence electrons. The van der Waals surface area contributed by atoms with Crippen LogP contribution in [0.2, 0.25) is 0 Å². The fraction of sp³-hybridized carbons (Fsp3) is 0.818. The summed E-state index contributed by atoms with van der Waals surface area (Å²) < 4.78 is 0. The van der Waals surface area contributed by atoms with Crippen LogP contribution in [0.15, 0.2) is 12.3 Å². The SMILES string of the molecule is C=C(C(C)C)N(C)C(C)C(C)C. The van der Waals surface area contributed by atoms with Crippen LogP contribution in [-0.2, 0) is 0 Å². The van der Waals surface area contributed by atoms with E-state index in [4.69, 9.17) is 0 Å². The lowest BCUT2D eigenvalue weighted by molar-refractivity contribution is 0.241. The fourth-order valence-corrected chi connectivity index (χ4v) is 1.12. The molecule has 0 spiro atoms. The Kier molecular flexibility index (Phi) is 4.36. The summed E-state index contributed by atoms with van der Waals surface area (Å²) in [5, 5.41) is 0. The molecule has 0 radical (unpaired) electrons. The van der Waals surface area contributed by atoms with Gasteiger partial charge in [0.15, 0.2) is 0 Å². The lowest BCUT2D eigenvalue weighted by Gasteiger charge is -2.33. The molecule has 0 aliphatic heterocycles. The number of rotatable bonds is 4. The van der Waals surface area contributed by atoms with Gasteiger partial charge in [0.1, 0.15) is 0 Å². The van der Waals surface area contributed by atoms with Crippen LogP contribution in [0.5, 0.6) is 0 Å². The minimum atomic E-state index is 0.552. The molecule has 0 rings (SSSR count). The third-order valence-electron chi connectivity index (χ3n) is 2.70. The normalized spacial score (nSPS) is 13.7. The van der Waals surface area contributed by atoms with Crippen molar-refractivity contribution in [1.29, 1.82) is 0 Å². The molecule has 0 aliphatic rings. The summed E-state index contributed by atoms with van der Waals surface area (Å²) in [6.45, 7) is 15.2. The van der Waals surface area contributed by atoms with E-state index < -0.39 is 0 Å². The third kappa shape index (κ3) is 2.88. The zero-order chi connectivity index (χ0) is 9.89. The zero-order valence-electron chi connectivity index (χ0n) is 9.39. The highest BCUT2D eigenvalue weighted by atomic mass is 15.1. The second-order valence-corrected chi connectivity index (χ2v) is 4.24. The van der Waals surface area contributed by atoms with Gasteiger partial charge in [0.2, 0.25) is 0 Å². The van der Waals surface area contributed by atoms with E-state index in [2.05, 4.69) is 53.1 Å². The molecule has 1 unspecified atom stereocenters. The van der Waals surface area contributed by atoms with Gasteiger partial charge in [0, 0.05) is 18.8 Å². The lowest BCUT2D eigenvalue weighted by atomic mass is 10.0. The molecule has 0 saturated heterocycles. The van der Waals surface area contributed by atoms with E-state index in [9.17, 15) is 0 Å². The minimum absolute atomic E-state index is 0.552. The summed E-state index contributed by atoms with van der Waals surface area (Å²) in [7, 11) is 2.13. The fourth-order valence-electron chi connectivity index (χ4n) is 1.12. The molecule has 0 bridgehead atoms. The molecule has 1 nitrogen and oxygen atoms in total. The summed E-state index contributed by atoms with van der Waals surface area (Å²) in [6.07, 6.45) is 0. The minimum Gasteiger partial charge on any atom is -0.375 e. The maximum Gasteiger partial charge on any atom is 0.0278 e. The summed E-state index contributed by atoms with van der Waals surface area (Å²) >= 11 is 0. The Balaban J connectivity index is 4.19. The zero-order valence-corrected chi connectivity index (χ0v) is 9.39. The van der Waals surface area contributed by atoms with Gasteiger partial charge in [0.05, 0.1) is 0 Å². The van der Waals surface area contributed by atoms with Crippen LogP contribution in [-0.4, -0.2) is 18.0 Å². The van der Waals surface area contributed by atoms with E-state index in [1.165, 1.54) is 5.70 Å². The van der Waals surface area contributed by atoms with Crippen LogP contribution in [0.3, 0.4) is 0 Å². The maximum absolute atomic E-state index is 4.08. The predicted molar refractivity (Wildman–Crippen MR) is 56.0 cm³/mol. The quantitative estimate of drug-likeness (QED) is 0.625. The van der Waals surface area contributed by atoms with Gasteiger partial charge < -0.3 is 4.90 Å².